The maximum absolute atomic E-state index is 11.0. The monoisotopic (exact) mass is 238 g/mol. The summed E-state index contributed by atoms with van der Waals surface area (Å²) < 4.78 is 0. The first-order chi connectivity index (χ1) is 7.70. The molecule has 0 radical (unpaired) electrons. The molecule has 0 saturated carbocycles. The van der Waals surface area contributed by atoms with Gasteiger partial charge in [-0.15, -0.1) is 0 Å². The Morgan fingerprint density at radius 3 is 2.53 bits per heavy atom. The highest BCUT2D eigenvalue weighted by atomic mass is 16.6. The number of likely N-dealkylation sites (N-methyl/N-ethyl adjacent to an activating group) is 1. The topological polar surface area (TPSA) is 66.6 Å². The normalized spacial score (nSPS) is 11.4. The maximum atomic E-state index is 11.0. The SMILES string of the molecule is Cc1ccc(N(C)CC(C)(C)O)c([N+](=O)[O-])c1. The number of aryl methyl sites for hydroxylation is 1. The summed E-state index contributed by atoms with van der Waals surface area (Å²) in [6, 6.07) is 5.07. The Bertz CT molecular complexity index is 424. The van der Waals surface area contributed by atoms with E-state index in [1.165, 1.54) is 6.07 Å². The number of rotatable bonds is 4. The lowest BCUT2D eigenvalue weighted by molar-refractivity contribution is -0.384. The average molecular weight is 238 g/mol. The van der Waals surface area contributed by atoms with Crippen LogP contribution in [0.5, 0.6) is 0 Å². The van der Waals surface area contributed by atoms with Crippen LogP contribution in [-0.4, -0.2) is 29.2 Å². The minimum atomic E-state index is -0.895. The van der Waals surface area contributed by atoms with Crippen LogP contribution in [0.4, 0.5) is 11.4 Å². The second-order valence-electron chi connectivity index (χ2n) is 4.92. The molecule has 0 aliphatic carbocycles. The summed E-state index contributed by atoms with van der Waals surface area (Å²) in [7, 11) is 1.73. The van der Waals surface area contributed by atoms with Crippen molar-refractivity contribution in [3.63, 3.8) is 0 Å². The number of nitro benzene ring substituents is 1. The molecule has 0 amide bonds. The van der Waals surface area contributed by atoms with Gasteiger partial charge in [0.15, 0.2) is 0 Å². The Morgan fingerprint density at radius 1 is 1.47 bits per heavy atom. The van der Waals surface area contributed by atoms with Gasteiger partial charge in [-0.1, -0.05) is 6.07 Å². The molecule has 5 heteroatoms. The van der Waals surface area contributed by atoms with E-state index < -0.39 is 10.5 Å². The summed E-state index contributed by atoms with van der Waals surface area (Å²) in [5.41, 5.74) is 0.532. The van der Waals surface area contributed by atoms with Crippen molar-refractivity contribution in [3.8, 4) is 0 Å². The van der Waals surface area contributed by atoms with Gasteiger partial charge in [0, 0.05) is 19.7 Å². The second-order valence-corrected chi connectivity index (χ2v) is 4.92. The molecule has 0 aliphatic heterocycles. The Labute approximate surface area is 101 Å². The number of anilines is 1. The highest BCUT2D eigenvalue weighted by molar-refractivity contribution is 5.64. The van der Waals surface area contributed by atoms with Crippen molar-refractivity contribution < 1.29 is 10.0 Å². The van der Waals surface area contributed by atoms with E-state index in [4.69, 9.17) is 0 Å². The largest absolute Gasteiger partial charge is 0.389 e. The fourth-order valence-corrected chi connectivity index (χ4v) is 1.77. The van der Waals surface area contributed by atoms with Crippen molar-refractivity contribution in [2.75, 3.05) is 18.5 Å². The van der Waals surface area contributed by atoms with Crippen LogP contribution in [0, 0.1) is 17.0 Å². The standard InChI is InChI=1S/C12H18N2O3/c1-9-5-6-10(11(7-9)14(16)17)13(4)8-12(2,3)15/h5-7,15H,8H2,1-4H3. The Morgan fingerprint density at radius 2 is 2.06 bits per heavy atom. The first-order valence-corrected chi connectivity index (χ1v) is 5.39. The predicted molar refractivity (Wildman–Crippen MR) is 67.4 cm³/mol. The van der Waals surface area contributed by atoms with E-state index in [0.29, 0.717) is 12.2 Å². The number of hydrogen-bond acceptors (Lipinski definition) is 4. The van der Waals surface area contributed by atoms with Crippen LogP contribution in [-0.2, 0) is 0 Å². The average Bonchev–Trinajstić information content (AvgIpc) is 2.14. The fraction of sp³-hybridized carbons (Fsp3) is 0.500. The number of hydrogen-bond donors (Lipinski definition) is 1. The molecule has 1 N–H and O–H groups in total. The molecule has 0 aromatic heterocycles. The molecule has 1 aromatic rings. The molecule has 0 fully saturated rings. The summed E-state index contributed by atoms with van der Waals surface area (Å²) in [5, 5.41) is 20.7. The molecular formula is C12H18N2O3. The zero-order valence-electron chi connectivity index (χ0n) is 10.6. The van der Waals surface area contributed by atoms with Gasteiger partial charge in [-0.2, -0.15) is 0 Å². The number of aliphatic hydroxyl groups is 1. The molecule has 1 aromatic carbocycles. The molecule has 94 valence electrons. The molecule has 0 saturated heterocycles. The molecule has 0 aliphatic rings. The van der Waals surface area contributed by atoms with E-state index in [1.54, 1.807) is 31.9 Å². The zero-order valence-corrected chi connectivity index (χ0v) is 10.6. The molecule has 0 atom stereocenters. The van der Waals surface area contributed by atoms with Crippen LogP contribution in [0.25, 0.3) is 0 Å². The number of nitro groups is 1. The lowest BCUT2D eigenvalue weighted by atomic mass is 10.1. The zero-order chi connectivity index (χ0) is 13.2. The Hall–Kier alpha value is -1.62. The van der Waals surface area contributed by atoms with Gasteiger partial charge in [-0.25, -0.2) is 0 Å². The minimum Gasteiger partial charge on any atom is -0.389 e. The first-order valence-electron chi connectivity index (χ1n) is 5.39. The predicted octanol–water partition coefficient (Wildman–Crippen LogP) is 2.11. The molecular weight excluding hydrogens is 220 g/mol. The third kappa shape index (κ3) is 3.71. The lowest BCUT2D eigenvalue weighted by Crippen LogP contribution is -2.36. The van der Waals surface area contributed by atoms with Crippen molar-refractivity contribution in [2.24, 2.45) is 0 Å². The number of nitrogens with zero attached hydrogens (tertiary/aromatic N) is 2. The summed E-state index contributed by atoms with van der Waals surface area (Å²) in [5.74, 6) is 0. The van der Waals surface area contributed by atoms with Gasteiger partial charge >= 0.3 is 0 Å². The smallest absolute Gasteiger partial charge is 0.292 e. The molecule has 0 unspecified atom stereocenters. The Kier molecular flexibility index (Phi) is 3.72. The maximum Gasteiger partial charge on any atom is 0.292 e. The van der Waals surface area contributed by atoms with Gasteiger partial charge in [0.2, 0.25) is 0 Å². The van der Waals surface area contributed by atoms with Crippen LogP contribution in [0.2, 0.25) is 0 Å². The molecule has 0 bridgehead atoms. The van der Waals surface area contributed by atoms with Crippen molar-refractivity contribution in [2.45, 2.75) is 26.4 Å². The van der Waals surface area contributed by atoms with Crippen LogP contribution in [0.1, 0.15) is 19.4 Å². The first kappa shape index (κ1) is 13.4. The summed E-state index contributed by atoms with van der Waals surface area (Å²) in [6.07, 6.45) is 0. The van der Waals surface area contributed by atoms with Gasteiger partial charge in [-0.05, 0) is 32.4 Å². The van der Waals surface area contributed by atoms with Gasteiger partial charge in [0.05, 0.1) is 10.5 Å². The van der Waals surface area contributed by atoms with E-state index in [1.807, 2.05) is 13.0 Å². The third-order valence-electron chi connectivity index (χ3n) is 2.36. The van der Waals surface area contributed by atoms with Crippen LogP contribution in [0.15, 0.2) is 18.2 Å². The second kappa shape index (κ2) is 4.71. The van der Waals surface area contributed by atoms with Crippen LogP contribution < -0.4 is 4.90 Å². The van der Waals surface area contributed by atoms with Crippen LogP contribution >= 0.6 is 0 Å². The molecule has 1 rings (SSSR count). The third-order valence-corrected chi connectivity index (χ3v) is 2.36. The van der Waals surface area contributed by atoms with Crippen LogP contribution in [0.3, 0.4) is 0 Å². The van der Waals surface area contributed by atoms with Gasteiger partial charge < -0.3 is 10.0 Å². The summed E-state index contributed by atoms with van der Waals surface area (Å²) in [6.45, 7) is 5.48. The molecule has 0 heterocycles. The minimum absolute atomic E-state index is 0.0664. The molecule has 5 nitrogen and oxygen atoms in total. The van der Waals surface area contributed by atoms with E-state index in [2.05, 4.69) is 0 Å². The highest BCUT2D eigenvalue weighted by Gasteiger charge is 2.22. The van der Waals surface area contributed by atoms with Crippen molar-refractivity contribution in [1.29, 1.82) is 0 Å². The van der Waals surface area contributed by atoms with Crippen molar-refractivity contribution >= 4 is 11.4 Å². The Balaban J connectivity index is 3.09. The van der Waals surface area contributed by atoms with E-state index in [0.717, 1.165) is 5.56 Å². The van der Waals surface area contributed by atoms with Crippen molar-refractivity contribution in [1.82, 2.24) is 0 Å². The highest BCUT2D eigenvalue weighted by Crippen LogP contribution is 2.29. The molecule has 0 spiro atoms. The van der Waals surface area contributed by atoms with E-state index in [-0.39, 0.29) is 5.69 Å². The summed E-state index contributed by atoms with van der Waals surface area (Å²) >= 11 is 0. The van der Waals surface area contributed by atoms with E-state index in [9.17, 15) is 15.2 Å². The lowest BCUT2D eigenvalue weighted by Gasteiger charge is -2.27. The fourth-order valence-electron chi connectivity index (χ4n) is 1.77. The van der Waals surface area contributed by atoms with Crippen molar-refractivity contribution in [3.05, 3.63) is 33.9 Å². The summed E-state index contributed by atoms with van der Waals surface area (Å²) in [4.78, 5) is 12.3. The van der Waals surface area contributed by atoms with Gasteiger partial charge in [-0.3, -0.25) is 10.1 Å². The van der Waals surface area contributed by atoms with Gasteiger partial charge in [0.25, 0.3) is 5.69 Å². The molecule has 17 heavy (non-hydrogen) atoms. The van der Waals surface area contributed by atoms with Gasteiger partial charge in [0.1, 0.15) is 5.69 Å². The number of benzene rings is 1. The quantitative estimate of drug-likeness (QED) is 0.644. The van der Waals surface area contributed by atoms with E-state index >= 15 is 0 Å².